The molecule has 3 rings (SSSR count). The molecule has 3 aromatic rings. The van der Waals surface area contributed by atoms with Crippen LogP contribution >= 0.6 is 0 Å². The summed E-state index contributed by atoms with van der Waals surface area (Å²) in [6.07, 6.45) is -0.504. The molecule has 0 heterocycles. The van der Waals surface area contributed by atoms with E-state index in [0.717, 1.165) is 12.1 Å². The highest BCUT2D eigenvalue weighted by atomic mass is 16.3. The minimum absolute atomic E-state index is 0.0126. The summed E-state index contributed by atoms with van der Waals surface area (Å²) in [6, 6.07) is 24.5. The lowest BCUT2D eigenvalue weighted by atomic mass is 10.0. The monoisotopic (exact) mass is 291 g/mol. The zero-order valence-corrected chi connectivity index (χ0v) is 12.7. The van der Waals surface area contributed by atoms with Gasteiger partial charge in [-0.2, -0.15) is 0 Å². The normalized spacial score (nSPS) is 13.9. The molecule has 0 aliphatic rings. The highest BCUT2D eigenvalue weighted by molar-refractivity contribution is 5.85. The van der Waals surface area contributed by atoms with E-state index in [0.29, 0.717) is 0 Å². The zero-order chi connectivity index (χ0) is 15.4. The molecule has 0 spiro atoms. The summed E-state index contributed by atoms with van der Waals surface area (Å²) >= 11 is 0. The van der Waals surface area contributed by atoms with Gasteiger partial charge >= 0.3 is 0 Å². The van der Waals surface area contributed by atoms with Crippen LogP contribution in [0, 0.1) is 0 Å². The molecular formula is C20H21NO. The molecule has 2 nitrogen and oxygen atoms in total. The Morgan fingerprint density at radius 2 is 1.55 bits per heavy atom. The van der Waals surface area contributed by atoms with Gasteiger partial charge in [0.1, 0.15) is 0 Å². The van der Waals surface area contributed by atoms with Crippen LogP contribution in [0.2, 0.25) is 0 Å². The lowest BCUT2D eigenvalue weighted by molar-refractivity contribution is 0.135. The van der Waals surface area contributed by atoms with Gasteiger partial charge in [-0.25, -0.2) is 0 Å². The van der Waals surface area contributed by atoms with E-state index in [4.69, 9.17) is 0 Å². The molecule has 0 saturated carbocycles. The zero-order valence-electron chi connectivity index (χ0n) is 12.7. The summed E-state index contributed by atoms with van der Waals surface area (Å²) < 4.78 is 0. The summed E-state index contributed by atoms with van der Waals surface area (Å²) in [4.78, 5) is 0. The van der Waals surface area contributed by atoms with E-state index in [2.05, 4.69) is 47.8 Å². The lowest BCUT2D eigenvalue weighted by Crippen LogP contribution is -2.31. The molecule has 2 heteroatoms. The molecule has 3 aromatic carbocycles. The third kappa shape index (κ3) is 3.19. The molecule has 0 bridgehead atoms. The van der Waals surface area contributed by atoms with Crippen molar-refractivity contribution in [2.75, 3.05) is 0 Å². The third-order valence-corrected chi connectivity index (χ3v) is 4.11. The Labute approximate surface area is 131 Å². The molecule has 0 unspecified atom stereocenters. The molecule has 112 valence electrons. The highest BCUT2D eigenvalue weighted by Gasteiger charge is 2.15. The van der Waals surface area contributed by atoms with Gasteiger partial charge in [0.15, 0.2) is 0 Å². The maximum Gasteiger partial charge on any atom is 0.0940 e. The number of benzene rings is 3. The van der Waals surface area contributed by atoms with Gasteiger partial charge in [0, 0.05) is 12.6 Å². The van der Waals surface area contributed by atoms with Crippen molar-refractivity contribution in [2.45, 2.75) is 25.6 Å². The fraction of sp³-hybridized carbons (Fsp3) is 0.200. The summed E-state index contributed by atoms with van der Waals surface area (Å²) in [7, 11) is 0. The van der Waals surface area contributed by atoms with Crippen LogP contribution in [0.4, 0.5) is 0 Å². The first-order valence-corrected chi connectivity index (χ1v) is 7.69. The van der Waals surface area contributed by atoms with Crippen LogP contribution in [0.5, 0.6) is 0 Å². The first-order chi connectivity index (χ1) is 10.8. The number of hydrogen-bond donors (Lipinski definition) is 2. The van der Waals surface area contributed by atoms with E-state index >= 15 is 0 Å². The van der Waals surface area contributed by atoms with Crippen LogP contribution < -0.4 is 5.32 Å². The predicted octanol–water partition coefficient (Wildman–Crippen LogP) is 4.05. The molecule has 0 fully saturated rings. The first kappa shape index (κ1) is 14.8. The van der Waals surface area contributed by atoms with Crippen molar-refractivity contribution >= 4 is 10.8 Å². The van der Waals surface area contributed by atoms with Crippen molar-refractivity contribution in [3.8, 4) is 0 Å². The number of fused-ring (bicyclic) bond motifs is 1. The fourth-order valence-electron chi connectivity index (χ4n) is 2.77. The van der Waals surface area contributed by atoms with Gasteiger partial charge in [0.05, 0.1) is 6.10 Å². The average molecular weight is 291 g/mol. The number of nitrogens with one attached hydrogen (secondary N) is 1. The highest BCUT2D eigenvalue weighted by Crippen LogP contribution is 2.20. The molecule has 2 N–H and O–H groups in total. The van der Waals surface area contributed by atoms with Gasteiger partial charge in [-0.05, 0) is 28.8 Å². The second-order valence-electron chi connectivity index (χ2n) is 5.66. The van der Waals surface area contributed by atoms with Crippen molar-refractivity contribution in [1.82, 2.24) is 5.32 Å². The van der Waals surface area contributed by atoms with E-state index in [-0.39, 0.29) is 6.04 Å². The Morgan fingerprint density at radius 1 is 0.864 bits per heavy atom. The van der Waals surface area contributed by atoms with E-state index in [1.54, 1.807) is 0 Å². The van der Waals surface area contributed by atoms with Crippen molar-refractivity contribution in [1.29, 1.82) is 0 Å². The topological polar surface area (TPSA) is 32.3 Å². The molecule has 0 aromatic heterocycles. The Balaban J connectivity index is 1.71. The Hall–Kier alpha value is -2.16. The quantitative estimate of drug-likeness (QED) is 0.743. The van der Waals surface area contributed by atoms with Crippen molar-refractivity contribution < 1.29 is 5.11 Å². The molecule has 22 heavy (non-hydrogen) atoms. The van der Waals surface area contributed by atoms with E-state index < -0.39 is 6.10 Å². The van der Waals surface area contributed by atoms with Crippen LogP contribution in [0.1, 0.15) is 24.2 Å². The summed E-state index contributed by atoms with van der Waals surface area (Å²) in [5, 5.41) is 16.4. The standard InChI is InChI=1S/C20H21NO/c1-15(20(22)17-9-3-2-4-10-17)21-14-18-12-7-11-16-8-5-6-13-19(16)18/h2-13,15,20-22H,14H2,1H3/t15-,20-/m1/s1. The Kier molecular flexibility index (Phi) is 4.52. The van der Waals surface area contributed by atoms with Gasteiger partial charge in [-0.1, -0.05) is 72.8 Å². The van der Waals surface area contributed by atoms with Gasteiger partial charge in [-0.3, -0.25) is 0 Å². The van der Waals surface area contributed by atoms with E-state index in [1.165, 1.54) is 16.3 Å². The molecule has 0 radical (unpaired) electrons. The number of aliphatic hydroxyl groups is 1. The largest absolute Gasteiger partial charge is 0.387 e. The summed E-state index contributed by atoms with van der Waals surface area (Å²) in [6.45, 7) is 2.76. The lowest BCUT2D eigenvalue weighted by Gasteiger charge is -2.21. The molecule has 0 aliphatic carbocycles. The van der Waals surface area contributed by atoms with Gasteiger partial charge < -0.3 is 10.4 Å². The molecule has 2 atom stereocenters. The molecule has 0 amide bonds. The Morgan fingerprint density at radius 3 is 2.36 bits per heavy atom. The van der Waals surface area contributed by atoms with Crippen molar-refractivity contribution in [3.63, 3.8) is 0 Å². The minimum Gasteiger partial charge on any atom is -0.387 e. The third-order valence-electron chi connectivity index (χ3n) is 4.11. The number of rotatable bonds is 5. The van der Waals surface area contributed by atoms with Gasteiger partial charge in [0.25, 0.3) is 0 Å². The SMILES string of the molecule is C[C@@H](NCc1cccc2ccccc12)[C@@H](O)c1ccccc1. The number of aliphatic hydroxyl groups excluding tert-OH is 1. The maximum absolute atomic E-state index is 10.4. The molecular weight excluding hydrogens is 270 g/mol. The predicted molar refractivity (Wildman–Crippen MR) is 91.7 cm³/mol. The molecule has 0 aliphatic heterocycles. The summed E-state index contributed by atoms with van der Waals surface area (Å²) in [5.41, 5.74) is 2.20. The van der Waals surface area contributed by atoms with Crippen LogP contribution in [0.15, 0.2) is 72.8 Å². The molecule has 0 saturated heterocycles. The maximum atomic E-state index is 10.4. The second-order valence-corrected chi connectivity index (χ2v) is 5.66. The second kappa shape index (κ2) is 6.73. The van der Waals surface area contributed by atoms with Crippen molar-refractivity contribution in [2.24, 2.45) is 0 Å². The smallest absolute Gasteiger partial charge is 0.0940 e. The average Bonchev–Trinajstić information content (AvgIpc) is 2.59. The van der Waals surface area contributed by atoms with Crippen molar-refractivity contribution in [3.05, 3.63) is 83.9 Å². The van der Waals surface area contributed by atoms with Crippen LogP contribution in [0.25, 0.3) is 10.8 Å². The van der Waals surface area contributed by atoms with Gasteiger partial charge in [0.2, 0.25) is 0 Å². The van der Waals surface area contributed by atoms with E-state index in [1.807, 2.05) is 37.3 Å². The summed E-state index contributed by atoms with van der Waals surface area (Å²) in [5.74, 6) is 0. The van der Waals surface area contributed by atoms with Crippen LogP contribution in [0.3, 0.4) is 0 Å². The minimum atomic E-state index is -0.504. The van der Waals surface area contributed by atoms with Gasteiger partial charge in [-0.15, -0.1) is 0 Å². The van der Waals surface area contributed by atoms with E-state index in [9.17, 15) is 5.11 Å². The Bertz CT molecular complexity index is 734. The first-order valence-electron chi connectivity index (χ1n) is 7.69. The van der Waals surface area contributed by atoms with Crippen LogP contribution in [-0.2, 0) is 6.54 Å². The fourth-order valence-corrected chi connectivity index (χ4v) is 2.77. The number of hydrogen-bond acceptors (Lipinski definition) is 2. The van der Waals surface area contributed by atoms with Crippen LogP contribution in [-0.4, -0.2) is 11.1 Å².